The Hall–Kier alpha value is -6.62. The summed E-state index contributed by atoms with van der Waals surface area (Å²) in [6.45, 7) is 9.90. The maximum Gasteiger partial charge on any atom is 0.265 e. The first-order valence-corrected chi connectivity index (χ1v) is 24.0. The maximum atomic E-state index is 13.6. The fourth-order valence-corrected chi connectivity index (χ4v) is 11.7. The first kappa shape index (κ1) is 53.2. The lowest BCUT2D eigenvalue weighted by Gasteiger charge is -2.51. The number of aryl methyl sites for hydroxylation is 1. The van der Waals surface area contributed by atoms with Gasteiger partial charge < -0.3 is 39.9 Å². The average Bonchev–Trinajstić information content (AvgIpc) is 3.75. The van der Waals surface area contributed by atoms with Gasteiger partial charge in [-0.15, -0.1) is 0 Å². The topological polar surface area (TPSA) is 260 Å². The minimum Gasteiger partial charge on any atom is -0.508 e. The summed E-state index contributed by atoms with van der Waals surface area (Å²) in [6.07, 6.45) is 3.76. The van der Waals surface area contributed by atoms with E-state index in [1.54, 1.807) is 39.2 Å². The number of phenols is 1. The summed E-state index contributed by atoms with van der Waals surface area (Å²) in [7, 11) is 8.96. The molecule has 0 radical (unpaired) electrons. The summed E-state index contributed by atoms with van der Waals surface area (Å²) in [4.78, 5) is 79.6. The molecule has 1 amide bonds. The van der Waals surface area contributed by atoms with E-state index in [9.17, 15) is 49.2 Å². The first-order chi connectivity index (χ1) is 34.0. The van der Waals surface area contributed by atoms with Gasteiger partial charge >= 0.3 is 0 Å². The van der Waals surface area contributed by atoms with Crippen molar-refractivity contribution in [2.45, 2.75) is 89.2 Å². The SMILES string of the molecule is CC(=O)c1c(C)cccc1C(C)C.CN(C)[C@@H]1c2onc(OCc3ccccc3)c2C(=O)[C@@]2(OP)C(=O)C=CC[C@@H]12.C[C@H]1c2cccc(O)c2C(O)=C2C(=O)[C@]3(O)C(O)=C(C(N)=O)C(=O)[C@@H](N(C)C)[C@@H]3C[C@@H]21. The van der Waals surface area contributed by atoms with E-state index in [-0.39, 0.29) is 64.9 Å². The van der Waals surface area contributed by atoms with Gasteiger partial charge in [-0.05, 0) is 112 Å². The van der Waals surface area contributed by atoms with Crippen LogP contribution in [0, 0.1) is 24.7 Å². The molecule has 9 rings (SSSR count). The number of nitrogens with two attached hydrogens (primary N) is 1. The number of nitrogens with zero attached hydrogens (tertiary/aromatic N) is 3. The molecule has 0 bridgehead atoms. The summed E-state index contributed by atoms with van der Waals surface area (Å²) in [5.74, 6) is -7.02. The summed E-state index contributed by atoms with van der Waals surface area (Å²) in [6, 6.07) is 18.9. The monoisotopic (exact) mass is 1000 g/mol. The van der Waals surface area contributed by atoms with E-state index in [1.165, 1.54) is 17.0 Å². The quantitative estimate of drug-likeness (QED) is 0.0513. The molecule has 380 valence electrons. The van der Waals surface area contributed by atoms with Crippen LogP contribution >= 0.6 is 9.47 Å². The number of ether oxygens (including phenoxy) is 1. The number of fused-ring (bicyclic) bond motifs is 5. The lowest BCUT2D eigenvalue weighted by Crippen LogP contribution is -2.65. The van der Waals surface area contributed by atoms with Crippen LogP contribution in [0.5, 0.6) is 11.6 Å². The van der Waals surface area contributed by atoms with Gasteiger partial charge in [0.25, 0.3) is 11.8 Å². The number of amides is 1. The number of benzene rings is 3. The predicted molar refractivity (Wildman–Crippen MR) is 268 cm³/mol. The molecule has 1 saturated carbocycles. The highest BCUT2D eigenvalue weighted by Crippen LogP contribution is 2.56. The lowest BCUT2D eigenvalue weighted by atomic mass is 9.55. The van der Waals surface area contributed by atoms with Crippen LogP contribution in [-0.2, 0) is 30.3 Å². The highest BCUT2D eigenvalue weighted by atomic mass is 31.0. The fraction of sp³-hybridized carbons (Fsp3) is 0.389. The van der Waals surface area contributed by atoms with Crippen LogP contribution in [0.2, 0.25) is 0 Å². The molecule has 72 heavy (non-hydrogen) atoms. The smallest absolute Gasteiger partial charge is 0.265 e. The van der Waals surface area contributed by atoms with Gasteiger partial charge in [-0.25, -0.2) is 0 Å². The molecule has 3 aromatic carbocycles. The molecule has 4 aromatic rings. The molecule has 17 nitrogen and oxygen atoms in total. The number of aromatic nitrogens is 1. The molecule has 0 spiro atoms. The van der Waals surface area contributed by atoms with E-state index in [0.717, 1.165) is 22.3 Å². The number of primary amides is 1. The number of aliphatic hydroxyl groups excluding tert-OH is 2. The van der Waals surface area contributed by atoms with Crippen LogP contribution in [0.1, 0.15) is 113 Å². The number of aliphatic hydroxyl groups is 3. The maximum absolute atomic E-state index is 13.6. The number of allylic oxidation sites excluding steroid dienone is 1. The second-order valence-corrected chi connectivity index (χ2v) is 19.9. The van der Waals surface area contributed by atoms with Gasteiger partial charge in [0.1, 0.15) is 35.0 Å². The van der Waals surface area contributed by atoms with E-state index < -0.39 is 75.3 Å². The van der Waals surface area contributed by atoms with Crippen LogP contribution in [0.3, 0.4) is 0 Å². The highest BCUT2D eigenvalue weighted by molar-refractivity contribution is 7.10. The van der Waals surface area contributed by atoms with Crippen molar-refractivity contribution in [3.8, 4) is 11.6 Å². The summed E-state index contributed by atoms with van der Waals surface area (Å²) < 4.78 is 16.9. The van der Waals surface area contributed by atoms with E-state index in [1.807, 2.05) is 81.4 Å². The van der Waals surface area contributed by atoms with Gasteiger partial charge in [0.2, 0.25) is 17.2 Å². The molecular formula is C54H61N4O13P. The van der Waals surface area contributed by atoms with Crippen molar-refractivity contribution in [3.05, 3.63) is 140 Å². The van der Waals surface area contributed by atoms with Crippen LogP contribution in [0.15, 0.2) is 100 Å². The molecule has 9 atom stereocenters. The van der Waals surface area contributed by atoms with Crippen LogP contribution in [0.25, 0.3) is 5.76 Å². The van der Waals surface area contributed by atoms with Gasteiger partial charge in [-0.3, -0.25) is 38.6 Å². The Morgan fingerprint density at radius 2 is 1.56 bits per heavy atom. The van der Waals surface area contributed by atoms with Crippen LogP contribution < -0.4 is 10.5 Å². The van der Waals surface area contributed by atoms with Gasteiger partial charge in [0.15, 0.2) is 28.7 Å². The average molecular weight is 1010 g/mol. The number of carbonyl (C=O) groups excluding carboxylic acids is 6. The molecule has 1 fully saturated rings. The minimum absolute atomic E-state index is 0.0720. The summed E-state index contributed by atoms with van der Waals surface area (Å²) in [5.41, 5.74) is 5.04. The standard InChI is InChI=1S/C22H24N2O7.C20H21N2O5P.C12H16O/c1-8-9-5-4-6-12(25)13(9)17(26)14-10(8)7-11-16(24(2)3)18(27)15(21(23)30)20(29)22(11,31)19(14)28;1-22(2)16-13-9-6-10-14(23)20(13,27-28)18(24)15-17(16)26-21-19(15)25-11-12-7-4-3-5-8-12;1-8(2)11-7-5-6-9(3)12(11)10(4)13/h4-6,8,10-11,16,25-26,29,31H,7H2,1-3H3,(H2,23,30);3-8,10,13,16H,9,11,28H2,1-2H3;5-8H,1-4H3/t8-,10+,11-,16-,22-;13-,16-,20-;/m00./s1. The van der Waals surface area contributed by atoms with Crippen LogP contribution in [-0.4, -0.2) is 116 Å². The van der Waals surface area contributed by atoms with Gasteiger partial charge in [0.05, 0.1) is 17.6 Å². The summed E-state index contributed by atoms with van der Waals surface area (Å²) >= 11 is 0. The molecule has 5 aliphatic rings. The number of hydrogen-bond acceptors (Lipinski definition) is 16. The largest absolute Gasteiger partial charge is 0.508 e. The number of carbonyl (C=O) groups is 6. The molecule has 1 heterocycles. The zero-order valence-corrected chi connectivity index (χ0v) is 42.8. The second-order valence-electron chi connectivity index (χ2n) is 19.6. The third kappa shape index (κ3) is 8.70. The predicted octanol–water partition coefficient (Wildman–Crippen LogP) is 6.59. The van der Waals surface area contributed by atoms with Crippen molar-refractivity contribution in [1.82, 2.24) is 15.0 Å². The Labute approximate surface area is 419 Å². The Morgan fingerprint density at radius 1 is 0.903 bits per heavy atom. The normalized spacial score (nSPS) is 26.2. The third-order valence-corrected chi connectivity index (χ3v) is 15.0. The van der Waals surface area contributed by atoms with Crippen molar-refractivity contribution in [2.24, 2.45) is 23.5 Å². The number of hydrogen-bond donors (Lipinski definition) is 5. The van der Waals surface area contributed by atoms with Gasteiger partial charge in [-0.2, -0.15) is 0 Å². The Balaban J connectivity index is 0.000000171. The van der Waals surface area contributed by atoms with E-state index in [0.29, 0.717) is 23.7 Å². The van der Waals surface area contributed by atoms with Crippen molar-refractivity contribution >= 4 is 50.0 Å². The number of rotatable bonds is 9. The number of Topliss-reactive ketones (excluding diaryl/α,β-unsaturated/α-hetero) is 4. The second kappa shape index (κ2) is 20.5. The zero-order chi connectivity index (χ0) is 52.9. The fourth-order valence-electron chi connectivity index (χ4n) is 11.3. The summed E-state index contributed by atoms with van der Waals surface area (Å²) in [5, 5.41) is 47.5. The van der Waals surface area contributed by atoms with Crippen molar-refractivity contribution in [1.29, 1.82) is 0 Å². The van der Waals surface area contributed by atoms with Gasteiger partial charge in [-0.1, -0.05) is 87.5 Å². The molecule has 5 aliphatic carbocycles. The third-order valence-electron chi connectivity index (χ3n) is 14.7. The number of ketones is 5. The Morgan fingerprint density at radius 3 is 2.14 bits per heavy atom. The molecular weight excluding hydrogens is 944 g/mol. The van der Waals surface area contributed by atoms with Crippen LogP contribution in [0.4, 0.5) is 0 Å². The van der Waals surface area contributed by atoms with E-state index in [4.69, 9.17) is 19.5 Å². The lowest BCUT2D eigenvalue weighted by molar-refractivity contribution is -0.154. The molecule has 18 heteroatoms. The molecule has 1 aromatic heterocycles. The zero-order valence-electron chi connectivity index (χ0n) is 41.6. The number of phenolic OH excluding ortho intramolecular Hbond substituents is 1. The number of aromatic hydroxyl groups is 1. The highest BCUT2D eigenvalue weighted by Gasteiger charge is 2.65. The van der Waals surface area contributed by atoms with Crippen molar-refractivity contribution in [2.75, 3.05) is 28.2 Å². The molecule has 1 unspecified atom stereocenters. The van der Waals surface area contributed by atoms with E-state index in [2.05, 4.69) is 28.5 Å². The molecule has 6 N–H and O–H groups in total. The Kier molecular flexibility index (Phi) is 15.1. The van der Waals surface area contributed by atoms with Crippen molar-refractivity contribution < 1.29 is 63.0 Å². The minimum atomic E-state index is -2.62. The van der Waals surface area contributed by atoms with E-state index >= 15 is 0 Å². The molecule has 0 saturated heterocycles. The molecule has 0 aliphatic heterocycles. The van der Waals surface area contributed by atoms with Gasteiger partial charge in [0, 0.05) is 32.4 Å². The van der Waals surface area contributed by atoms with Crippen molar-refractivity contribution in [3.63, 3.8) is 0 Å². The Bertz CT molecular complexity index is 2960. The first-order valence-electron chi connectivity index (χ1n) is 23.5. The number of likely N-dealkylation sites (N-methyl/N-ethyl adjacent to an activating group) is 1.